The van der Waals surface area contributed by atoms with E-state index in [0.29, 0.717) is 19.7 Å². The summed E-state index contributed by atoms with van der Waals surface area (Å²) in [4.78, 5) is 11.2. The van der Waals surface area contributed by atoms with Crippen LogP contribution < -0.4 is 10.6 Å². The lowest BCUT2D eigenvalue weighted by Gasteiger charge is -2.22. The first-order chi connectivity index (χ1) is 6.99. The second-order valence-corrected chi connectivity index (χ2v) is 3.22. The van der Waals surface area contributed by atoms with Crippen LogP contribution in [0.5, 0.6) is 0 Å². The Morgan fingerprint density at radius 1 is 1.50 bits per heavy atom. The minimum atomic E-state index is -4.24. The van der Waals surface area contributed by atoms with Gasteiger partial charge in [-0.3, -0.25) is 4.79 Å². The van der Waals surface area contributed by atoms with Gasteiger partial charge in [0.2, 0.25) is 5.91 Å². The van der Waals surface area contributed by atoms with Gasteiger partial charge >= 0.3 is 6.18 Å². The summed E-state index contributed by atoms with van der Waals surface area (Å²) in [6.45, 7) is 1.00. The van der Waals surface area contributed by atoms with Gasteiger partial charge in [-0.2, -0.15) is 13.2 Å². The number of carbonyl (C=O) groups excluding carboxylic acids is 1. The third kappa shape index (κ3) is 6.14. The number of hydrogen-bond donors (Lipinski definition) is 2. The number of hydrogen-bond acceptors (Lipinski definition) is 3. The maximum Gasteiger partial charge on any atom is 0.390 e. The fourth-order valence-electron chi connectivity index (χ4n) is 1.18. The highest BCUT2D eigenvalue weighted by Gasteiger charge is 2.28. The van der Waals surface area contributed by atoms with Crippen molar-refractivity contribution in [3.63, 3.8) is 0 Å². The predicted molar refractivity (Wildman–Crippen MR) is 53.5 cm³/mol. The first-order valence-electron chi connectivity index (χ1n) is 4.66. The van der Waals surface area contributed by atoms with Crippen molar-refractivity contribution in [1.82, 2.24) is 10.6 Å². The van der Waals surface area contributed by atoms with Crippen molar-refractivity contribution in [2.75, 3.05) is 26.2 Å². The van der Waals surface area contributed by atoms with E-state index in [1.54, 1.807) is 0 Å². The summed E-state index contributed by atoms with van der Waals surface area (Å²) in [7, 11) is 0. The van der Waals surface area contributed by atoms with Crippen LogP contribution in [-0.2, 0) is 9.53 Å². The van der Waals surface area contributed by atoms with Gasteiger partial charge in [0.1, 0.15) is 6.10 Å². The summed E-state index contributed by atoms with van der Waals surface area (Å²) in [6, 6.07) is 0. The number of morpholine rings is 1. The van der Waals surface area contributed by atoms with E-state index in [9.17, 15) is 18.0 Å². The van der Waals surface area contributed by atoms with E-state index in [2.05, 4.69) is 10.6 Å². The van der Waals surface area contributed by atoms with Crippen LogP contribution in [-0.4, -0.2) is 44.4 Å². The van der Waals surface area contributed by atoms with Crippen LogP contribution in [0.4, 0.5) is 13.2 Å². The fraction of sp³-hybridized carbons (Fsp3) is 0.875. The molecule has 1 rings (SSSR count). The molecule has 16 heavy (non-hydrogen) atoms. The molecule has 0 aromatic carbocycles. The largest absolute Gasteiger partial charge is 0.390 e. The minimum absolute atomic E-state index is 0. The van der Waals surface area contributed by atoms with Crippen LogP contribution in [0.25, 0.3) is 0 Å². The van der Waals surface area contributed by atoms with Crippen LogP contribution in [0.1, 0.15) is 6.42 Å². The lowest BCUT2D eigenvalue weighted by atomic mass is 10.3. The Kier molecular flexibility index (Phi) is 6.70. The molecular formula is C8H14ClF3N2O2. The Hall–Kier alpha value is -0.530. The number of halogens is 4. The van der Waals surface area contributed by atoms with Crippen molar-refractivity contribution in [1.29, 1.82) is 0 Å². The Morgan fingerprint density at radius 2 is 2.19 bits per heavy atom. The van der Waals surface area contributed by atoms with Crippen molar-refractivity contribution in [3.8, 4) is 0 Å². The van der Waals surface area contributed by atoms with Gasteiger partial charge in [-0.25, -0.2) is 0 Å². The summed E-state index contributed by atoms with van der Waals surface area (Å²) in [5, 5.41) is 5.10. The highest BCUT2D eigenvalue weighted by atomic mass is 35.5. The molecule has 2 N–H and O–H groups in total. The van der Waals surface area contributed by atoms with Gasteiger partial charge in [0.15, 0.2) is 0 Å². The molecular weight excluding hydrogens is 249 g/mol. The van der Waals surface area contributed by atoms with Gasteiger partial charge in [0, 0.05) is 19.6 Å². The average Bonchev–Trinajstić information content (AvgIpc) is 2.17. The van der Waals surface area contributed by atoms with Crippen molar-refractivity contribution < 1.29 is 22.7 Å². The van der Waals surface area contributed by atoms with E-state index in [1.807, 2.05) is 0 Å². The van der Waals surface area contributed by atoms with Crippen LogP contribution in [0.2, 0.25) is 0 Å². The van der Waals surface area contributed by atoms with Crippen LogP contribution in [0.3, 0.4) is 0 Å². The number of alkyl halides is 3. The molecule has 96 valence electrons. The van der Waals surface area contributed by atoms with Gasteiger partial charge < -0.3 is 15.4 Å². The molecule has 1 aliphatic heterocycles. The van der Waals surface area contributed by atoms with Gasteiger partial charge in [0.05, 0.1) is 13.0 Å². The van der Waals surface area contributed by atoms with Crippen molar-refractivity contribution in [3.05, 3.63) is 0 Å². The second-order valence-electron chi connectivity index (χ2n) is 3.22. The zero-order chi connectivity index (χ0) is 11.3. The highest BCUT2D eigenvalue weighted by molar-refractivity contribution is 5.85. The first-order valence-corrected chi connectivity index (χ1v) is 4.66. The zero-order valence-electron chi connectivity index (χ0n) is 8.47. The monoisotopic (exact) mass is 262 g/mol. The molecule has 0 aromatic heterocycles. The van der Waals surface area contributed by atoms with Gasteiger partial charge in [-0.15, -0.1) is 12.4 Å². The van der Waals surface area contributed by atoms with E-state index < -0.39 is 31.2 Å². The van der Waals surface area contributed by atoms with Gasteiger partial charge in [0.25, 0.3) is 0 Å². The lowest BCUT2D eigenvalue weighted by Crippen LogP contribution is -2.48. The summed E-state index contributed by atoms with van der Waals surface area (Å²) in [6.07, 6.45) is -5.93. The molecule has 1 amide bonds. The van der Waals surface area contributed by atoms with Crippen molar-refractivity contribution >= 4 is 18.3 Å². The summed E-state index contributed by atoms with van der Waals surface area (Å²) >= 11 is 0. The molecule has 4 nitrogen and oxygen atoms in total. The molecule has 0 aromatic rings. The summed E-state index contributed by atoms with van der Waals surface area (Å²) in [5.74, 6) is -0.494. The van der Waals surface area contributed by atoms with Crippen LogP contribution in [0, 0.1) is 0 Å². The molecule has 1 heterocycles. The standard InChI is InChI=1S/C8H13F3N2O2.ClH/c9-8(10,11)1-2-13-7(14)6-5-12-3-4-15-6;/h6,12H,1-5H2,(H,13,14);1H/t6-;/m1./s1. The molecule has 0 bridgehead atoms. The van der Waals surface area contributed by atoms with Gasteiger partial charge in [-0.1, -0.05) is 0 Å². The fourth-order valence-corrected chi connectivity index (χ4v) is 1.18. The van der Waals surface area contributed by atoms with E-state index in [1.165, 1.54) is 0 Å². The Labute approximate surface area is 97.3 Å². The Balaban J connectivity index is 0.00000225. The topological polar surface area (TPSA) is 50.4 Å². The molecule has 1 saturated heterocycles. The normalized spacial score (nSPS) is 21.1. The quantitative estimate of drug-likeness (QED) is 0.777. The predicted octanol–water partition coefficient (Wildman–Crippen LogP) is 0.465. The molecule has 0 radical (unpaired) electrons. The smallest absolute Gasteiger partial charge is 0.366 e. The number of nitrogens with one attached hydrogen (secondary N) is 2. The molecule has 1 atom stereocenters. The minimum Gasteiger partial charge on any atom is -0.366 e. The SMILES string of the molecule is Cl.O=C(NCCC(F)(F)F)[C@H]1CNCCO1. The lowest BCUT2D eigenvalue weighted by molar-refractivity contribution is -0.140. The third-order valence-electron chi connectivity index (χ3n) is 1.93. The third-order valence-corrected chi connectivity index (χ3v) is 1.93. The van der Waals surface area contributed by atoms with E-state index in [0.717, 1.165) is 0 Å². The number of carbonyl (C=O) groups is 1. The molecule has 0 saturated carbocycles. The van der Waals surface area contributed by atoms with E-state index in [-0.39, 0.29) is 12.4 Å². The van der Waals surface area contributed by atoms with Gasteiger partial charge in [-0.05, 0) is 0 Å². The van der Waals surface area contributed by atoms with E-state index in [4.69, 9.17) is 4.74 Å². The maximum atomic E-state index is 11.8. The summed E-state index contributed by atoms with van der Waals surface area (Å²) in [5.41, 5.74) is 0. The Morgan fingerprint density at radius 3 is 2.69 bits per heavy atom. The zero-order valence-corrected chi connectivity index (χ0v) is 9.29. The maximum absolute atomic E-state index is 11.8. The Bertz CT molecular complexity index is 220. The summed E-state index contributed by atoms with van der Waals surface area (Å²) < 4.78 is 40.3. The number of amides is 1. The van der Waals surface area contributed by atoms with Crippen molar-refractivity contribution in [2.24, 2.45) is 0 Å². The number of rotatable bonds is 3. The highest BCUT2D eigenvalue weighted by Crippen LogP contribution is 2.18. The molecule has 0 aliphatic carbocycles. The van der Waals surface area contributed by atoms with E-state index >= 15 is 0 Å². The number of ether oxygens (including phenoxy) is 1. The molecule has 1 aliphatic rings. The molecule has 0 unspecified atom stereocenters. The second kappa shape index (κ2) is 6.93. The molecule has 8 heteroatoms. The first kappa shape index (κ1) is 15.5. The average molecular weight is 263 g/mol. The van der Waals surface area contributed by atoms with Crippen LogP contribution >= 0.6 is 12.4 Å². The van der Waals surface area contributed by atoms with Crippen LogP contribution in [0.15, 0.2) is 0 Å². The molecule has 1 fully saturated rings. The van der Waals surface area contributed by atoms with Crippen molar-refractivity contribution in [2.45, 2.75) is 18.7 Å². The molecule has 0 spiro atoms.